The molecule has 0 radical (unpaired) electrons. The Morgan fingerprint density at radius 3 is 3.12 bits per heavy atom. The molecule has 0 bridgehead atoms. The van der Waals surface area contributed by atoms with Crippen molar-refractivity contribution in [3.8, 4) is 5.75 Å². The Morgan fingerprint density at radius 2 is 2.18 bits per heavy atom. The van der Waals surface area contributed by atoms with Crippen LogP contribution in [0.2, 0.25) is 0 Å². The zero-order chi connectivity index (χ0) is 11.4. The van der Waals surface area contributed by atoms with E-state index in [1.165, 1.54) is 0 Å². The second-order valence-corrected chi connectivity index (χ2v) is 4.21. The van der Waals surface area contributed by atoms with Gasteiger partial charge >= 0.3 is 0 Å². The lowest BCUT2D eigenvalue weighted by Gasteiger charge is -2.04. The summed E-state index contributed by atoms with van der Waals surface area (Å²) in [6, 6.07) is 9.51. The first kappa shape index (κ1) is 8.87. The third kappa shape index (κ3) is 1.04. The van der Waals surface area contributed by atoms with Crippen molar-refractivity contribution in [2.24, 2.45) is 4.99 Å². The summed E-state index contributed by atoms with van der Waals surface area (Å²) in [6.45, 7) is 1.36. The van der Waals surface area contributed by atoms with Gasteiger partial charge in [0.15, 0.2) is 5.58 Å². The average Bonchev–Trinajstić information content (AvgIpc) is 2.67. The van der Waals surface area contributed by atoms with Crippen LogP contribution in [0.25, 0.3) is 11.0 Å². The first-order valence-corrected chi connectivity index (χ1v) is 5.59. The van der Waals surface area contributed by atoms with Crippen LogP contribution in [-0.4, -0.2) is 16.4 Å². The van der Waals surface area contributed by atoms with E-state index in [4.69, 9.17) is 4.52 Å². The van der Waals surface area contributed by atoms with Crippen molar-refractivity contribution >= 4 is 11.0 Å². The van der Waals surface area contributed by atoms with Crippen molar-refractivity contribution in [1.29, 1.82) is 0 Å². The molecule has 4 heteroatoms. The highest BCUT2D eigenvalue weighted by molar-refractivity contribution is 5.65. The zero-order valence-corrected chi connectivity index (χ0v) is 9.05. The second kappa shape index (κ2) is 2.91. The summed E-state index contributed by atoms with van der Waals surface area (Å²) in [6.07, 6.45) is 0. The number of aromatic hydroxyl groups is 1. The fraction of sp³-hybridized carbons (Fsp3) is 0.154. The van der Waals surface area contributed by atoms with Crippen molar-refractivity contribution in [2.75, 3.05) is 6.54 Å². The maximum absolute atomic E-state index is 9.99. The molecule has 0 saturated heterocycles. The van der Waals surface area contributed by atoms with Crippen molar-refractivity contribution in [2.45, 2.75) is 6.54 Å². The third-order valence-corrected chi connectivity index (χ3v) is 3.21. The maximum atomic E-state index is 9.99. The van der Waals surface area contributed by atoms with Crippen LogP contribution < -0.4 is 5.36 Å². The van der Waals surface area contributed by atoms with E-state index in [0.717, 1.165) is 28.1 Å². The molecule has 0 atom stereocenters. The van der Waals surface area contributed by atoms with E-state index >= 15 is 0 Å². The van der Waals surface area contributed by atoms with Crippen molar-refractivity contribution in [1.82, 2.24) is 4.74 Å². The molecular formula is C13H10N2O2. The summed E-state index contributed by atoms with van der Waals surface area (Å²) in [5.74, 6) is 0.206. The van der Waals surface area contributed by atoms with Gasteiger partial charge in [-0.15, -0.1) is 0 Å². The van der Waals surface area contributed by atoms with Gasteiger partial charge in [0, 0.05) is 0 Å². The lowest BCUT2D eigenvalue weighted by atomic mass is 10.2. The smallest absolute Gasteiger partial charge is 0.165 e. The Balaban J connectivity index is 2.54. The summed E-state index contributed by atoms with van der Waals surface area (Å²) < 4.78 is 7.58. The van der Waals surface area contributed by atoms with Gasteiger partial charge in [0.25, 0.3) is 0 Å². The Bertz CT molecular complexity index is 857. The van der Waals surface area contributed by atoms with Crippen molar-refractivity contribution < 1.29 is 9.63 Å². The number of benzene rings is 1. The van der Waals surface area contributed by atoms with Crippen LogP contribution in [-0.2, 0) is 6.54 Å². The fourth-order valence-corrected chi connectivity index (χ4v) is 2.48. The quantitative estimate of drug-likeness (QED) is 0.632. The van der Waals surface area contributed by atoms with Crippen LogP contribution >= 0.6 is 0 Å². The van der Waals surface area contributed by atoms with Gasteiger partial charge in [0.1, 0.15) is 16.5 Å². The predicted molar refractivity (Wildman–Crippen MR) is 61.6 cm³/mol. The minimum absolute atomic E-state index is 0.206. The zero-order valence-electron chi connectivity index (χ0n) is 9.05. The lowest BCUT2D eigenvalue weighted by molar-refractivity contribution is 0.279. The van der Waals surface area contributed by atoms with E-state index in [-0.39, 0.29) is 5.75 Å². The fourth-order valence-electron chi connectivity index (χ4n) is 2.48. The molecule has 17 heavy (non-hydrogen) atoms. The Hall–Kier alpha value is -2.23. The minimum Gasteiger partial charge on any atom is -0.506 e. The highest BCUT2D eigenvalue weighted by atomic mass is 16.5. The monoisotopic (exact) mass is 226 g/mol. The number of hydrogen-bond acceptors (Lipinski definition) is 3. The number of hydrogen-bond donors (Lipinski definition) is 1. The molecule has 2 heterocycles. The van der Waals surface area contributed by atoms with Crippen molar-refractivity contribution in [3.05, 3.63) is 46.3 Å². The molecular weight excluding hydrogens is 216 g/mol. The van der Waals surface area contributed by atoms with Gasteiger partial charge in [-0.05, 0) is 17.5 Å². The topological polar surface area (TPSA) is 50.7 Å². The normalized spacial score (nSPS) is 14.1. The molecule has 3 aliphatic rings. The van der Waals surface area contributed by atoms with E-state index in [1.54, 1.807) is 6.07 Å². The summed E-state index contributed by atoms with van der Waals surface area (Å²) in [5, 5.41) is 13.6. The van der Waals surface area contributed by atoms with Crippen LogP contribution in [0.4, 0.5) is 0 Å². The van der Waals surface area contributed by atoms with Crippen LogP contribution in [0.15, 0.2) is 39.8 Å². The Kier molecular flexibility index (Phi) is 1.52. The van der Waals surface area contributed by atoms with Crippen molar-refractivity contribution in [3.63, 3.8) is 0 Å². The van der Waals surface area contributed by atoms with E-state index in [0.29, 0.717) is 11.9 Å². The van der Waals surface area contributed by atoms with Gasteiger partial charge in [0.05, 0.1) is 18.3 Å². The van der Waals surface area contributed by atoms with Gasteiger partial charge in [-0.2, -0.15) is 0 Å². The van der Waals surface area contributed by atoms with E-state index < -0.39 is 0 Å². The third-order valence-electron chi connectivity index (χ3n) is 3.21. The molecule has 0 saturated carbocycles. The minimum atomic E-state index is 0.206. The molecule has 1 aliphatic carbocycles. The summed E-state index contributed by atoms with van der Waals surface area (Å²) in [5.41, 5.74) is 0.839. The number of rotatable bonds is 0. The lowest BCUT2D eigenvalue weighted by Crippen LogP contribution is -2.18. The number of aromatic nitrogens is 1. The molecule has 1 aromatic rings. The highest BCUT2D eigenvalue weighted by Crippen LogP contribution is 2.18. The van der Waals surface area contributed by atoms with Crippen LogP contribution in [0, 0.1) is 10.6 Å². The highest BCUT2D eigenvalue weighted by Gasteiger charge is 2.13. The Labute approximate surface area is 96.0 Å². The summed E-state index contributed by atoms with van der Waals surface area (Å²) in [7, 11) is 0. The molecule has 84 valence electrons. The first-order chi connectivity index (χ1) is 8.34. The predicted octanol–water partition coefficient (Wildman–Crippen LogP) is 1.58. The van der Waals surface area contributed by atoms with Gasteiger partial charge in [0.2, 0.25) is 0 Å². The molecule has 2 aliphatic heterocycles. The van der Waals surface area contributed by atoms with Crippen LogP contribution in [0.5, 0.6) is 5.75 Å². The standard InChI is InChI=1S/C13H10N2O2/c16-9-5-4-8-2-1-3-10-11(8)13-12(9)14-6-7-15(13)17-10/h1-5,16H,6-7H2. The molecule has 0 aromatic heterocycles. The largest absolute Gasteiger partial charge is 0.506 e. The first-order valence-electron chi connectivity index (χ1n) is 5.59. The maximum Gasteiger partial charge on any atom is 0.165 e. The summed E-state index contributed by atoms with van der Waals surface area (Å²) >= 11 is 0. The van der Waals surface area contributed by atoms with E-state index in [2.05, 4.69) is 4.99 Å². The van der Waals surface area contributed by atoms with Crippen LogP contribution in [0.3, 0.4) is 0 Å². The average molecular weight is 226 g/mol. The Morgan fingerprint density at radius 1 is 1.24 bits per heavy atom. The summed E-state index contributed by atoms with van der Waals surface area (Å²) in [4.78, 5) is 4.39. The van der Waals surface area contributed by atoms with Gasteiger partial charge in [-0.1, -0.05) is 18.2 Å². The molecule has 0 amide bonds. The molecule has 0 spiro atoms. The van der Waals surface area contributed by atoms with Gasteiger partial charge in [-0.3, -0.25) is 4.99 Å². The van der Waals surface area contributed by atoms with E-state index in [9.17, 15) is 5.11 Å². The van der Waals surface area contributed by atoms with Gasteiger partial charge < -0.3 is 9.63 Å². The second-order valence-electron chi connectivity index (χ2n) is 4.21. The molecule has 1 aromatic carbocycles. The molecule has 0 fully saturated rings. The van der Waals surface area contributed by atoms with E-state index in [1.807, 2.05) is 29.0 Å². The molecule has 4 nitrogen and oxygen atoms in total. The van der Waals surface area contributed by atoms with Gasteiger partial charge in [-0.25, -0.2) is 4.74 Å². The molecule has 0 unspecified atom stereocenters. The number of nitrogens with zero attached hydrogens (tertiary/aromatic N) is 2. The van der Waals surface area contributed by atoms with Crippen LogP contribution in [0.1, 0.15) is 0 Å². The molecule has 1 N–H and O–H groups in total. The SMILES string of the molecule is Oc1ccc2cccc3on4c(c1=NCC4)=c23. The molecule has 4 rings (SSSR count).